The van der Waals surface area contributed by atoms with Crippen LogP contribution < -0.4 is 5.32 Å². The lowest BCUT2D eigenvalue weighted by Gasteiger charge is -2.08. The number of fused-ring (bicyclic) bond motifs is 1. The molecule has 0 aliphatic carbocycles. The van der Waals surface area contributed by atoms with Crippen LogP contribution in [-0.4, -0.2) is 29.8 Å². The second-order valence-electron chi connectivity index (χ2n) is 5.02. The van der Waals surface area contributed by atoms with E-state index in [4.69, 9.17) is 0 Å². The average Bonchev–Trinajstić information content (AvgIpc) is 3.02. The molecule has 0 radical (unpaired) electrons. The molecule has 3 aromatic rings. The Balaban J connectivity index is 1.81. The van der Waals surface area contributed by atoms with Gasteiger partial charge in [-0.1, -0.05) is 5.21 Å². The fourth-order valence-electron chi connectivity index (χ4n) is 2.08. The molecule has 0 amide bonds. The van der Waals surface area contributed by atoms with Crippen LogP contribution in [0.1, 0.15) is 25.6 Å². The molecule has 3 rings (SSSR count). The molecule has 0 unspecified atom stereocenters. The summed E-state index contributed by atoms with van der Waals surface area (Å²) in [5.41, 5.74) is 2.89. The monoisotopic (exact) mass is 271 g/mol. The van der Waals surface area contributed by atoms with Crippen LogP contribution >= 0.6 is 0 Å². The van der Waals surface area contributed by atoms with Crippen molar-refractivity contribution in [1.82, 2.24) is 29.8 Å². The second kappa shape index (κ2) is 4.92. The number of nitrogens with one attached hydrogen (secondary N) is 1. The molecule has 0 aliphatic heterocycles. The minimum atomic E-state index is 0.305. The summed E-state index contributed by atoms with van der Waals surface area (Å²) in [6.45, 7) is 4.85. The van der Waals surface area contributed by atoms with Crippen molar-refractivity contribution in [2.24, 2.45) is 7.05 Å². The summed E-state index contributed by atoms with van der Waals surface area (Å²) in [5, 5.41) is 16.5. The molecule has 3 heterocycles. The Morgan fingerprint density at radius 2 is 2.10 bits per heavy atom. The lowest BCUT2D eigenvalue weighted by Crippen LogP contribution is -2.06. The Morgan fingerprint density at radius 3 is 2.80 bits per heavy atom. The first kappa shape index (κ1) is 12.6. The van der Waals surface area contributed by atoms with E-state index in [1.54, 1.807) is 10.9 Å². The minimum Gasteiger partial charge on any atom is -0.378 e. The molecule has 0 saturated carbocycles. The number of anilines is 1. The maximum Gasteiger partial charge on any atom is 0.158 e. The van der Waals surface area contributed by atoms with Crippen LogP contribution in [-0.2, 0) is 13.6 Å². The van der Waals surface area contributed by atoms with Crippen molar-refractivity contribution in [3.63, 3.8) is 0 Å². The SMILES string of the molecule is CC(C)n1ncc2cc(NCc3cnnn3C)cnc21. The third-order valence-corrected chi connectivity index (χ3v) is 3.20. The van der Waals surface area contributed by atoms with E-state index >= 15 is 0 Å². The molecule has 0 saturated heterocycles. The van der Waals surface area contributed by atoms with Crippen LogP contribution in [0.2, 0.25) is 0 Å². The topological polar surface area (TPSA) is 73.5 Å². The van der Waals surface area contributed by atoms with Crippen molar-refractivity contribution in [2.45, 2.75) is 26.4 Å². The standard InChI is InChI=1S/C13H17N7/c1-9(2)20-13-10(5-17-20)4-11(6-15-13)14-7-12-8-16-18-19(12)3/h4-6,8-9,14H,7H2,1-3H3. The van der Waals surface area contributed by atoms with Gasteiger partial charge in [-0.3, -0.25) is 4.68 Å². The van der Waals surface area contributed by atoms with Crippen molar-refractivity contribution in [2.75, 3.05) is 5.32 Å². The van der Waals surface area contributed by atoms with E-state index in [9.17, 15) is 0 Å². The number of nitrogens with zero attached hydrogens (tertiary/aromatic N) is 6. The van der Waals surface area contributed by atoms with Crippen LogP contribution in [0.3, 0.4) is 0 Å². The first-order valence-electron chi connectivity index (χ1n) is 6.56. The number of pyridine rings is 1. The molecule has 104 valence electrons. The van der Waals surface area contributed by atoms with Crippen LogP contribution in [0.25, 0.3) is 11.0 Å². The van der Waals surface area contributed by atoms with E-state index in [1.807, 2.05) is 24.1 Å². The molecule has 7 nitrogen and oxygen atoms in total. The van der Waals surface area contributed by atoms with E-state index in [0.29, 0.717) is 12.6 Å². The summed E-state index contributed by atoms with van der Waals surface area (Å²) in [6, 6.07) is 2.36. The summed E-state index contributed by atoms with van der Waals surface area (Å²) in [7, 11) is 1.87. The van der Waals surface area contributed by atoms with Gasteiger partial charge in [0.1, 0.15) is 0 Å². The zero-order valence-corrected chi connectivity index (χ0v) is 11.8. The van der Waals surface area contributed by atoms with Crippen molar-refractivity contribution in [1.29, 1.82) is 0 Å². The highest BCUT2D eigenvalue weighted by Gasteiger charge is 2.08. The van der Waals surface area contributed by atoms with E-state index in [2.05, 4.69) is 45.6 Å². The fraction of sp³-hybridized carbons (Fsp3) is 0.385. The Kier molecular flexibility index (Phi) is 3.09. The maximum atomic E-state index is 4.48. The Bertz CT molecular complexity index is 725. The van der Waals surface area contributed by atoms with E-state index in [1.165, 1.54) is 0 Å². The summed E-state index contributed by atoms with van der Waals surface area (Å²) in [6.07, 6.45) is 5.42. The van der Waals surface area contributed by atoms with Gasteiger partial charge in [-0.05, 0) is 19.9 Å². The smallest absolute Gasteiger partial charge is 0.158 e. The highest BCUT2D eigenvalue weighted by Crippen LogP contribution is 2.19. The number of aromatic nitrogens is 6. The van der Waals surface area contributed by atoms with Crippen molar-refractivity contribution < 1.29 is 0 Å². The predicted molar refractivity (Wildman–Crippen MR) is 76.2 cm³/mol. The van der Waals surface area contributed by atoms with E-state index in [-0.39, 0.29) is 0 Å². The number of aryl methyl sites for hydroxylation is 1. The predicted octanol–water partition coefficient (Wildman–Crippen LogP) is 1.75. The molecule has 0 atom stereocenters. The number of hydrogen-bond acceptors (Lipinski definition) is 5. The lowest BCUT2D eigenvalue weighted by atomic mass is 10.3. The highest BCUT2D eigenvalue weighted by atomic mass is 15.4. The van der Waals surface area contributed by atoms with Gasteiger partial charge in [0.2, 0.25) is 0 Å². The summed E-state index contributed by atoms with van der Waals surface area (Å²) >= 11 is 0. The Labute approximate surface area is 116 Å². The number of hydrogen-bond donors (Lipinski definition) is 1. The zero-order chi connectivity index (χ0) is 14.1. The summed E-state index contributed by atoms with van der Waals surface area (Å²) < 4.78 is 3.67. The van der Waals surface area contributed by atoms with Crippen LogP contribution in [0.5, 0.6) is 0 Å². The van der Waals surface area contributed by atoms with Crippen molar-refractivity contribution >= 4 is 16.7 Å². The molecule has 0 aromatic carbocycles. The van der Waals surface area contributed by atoms with Gasteiger partial charge < -0.3 is 5.32 Å². The lowest BCUT2D eigenvalue weighted by molar-refractivity contribution is 0.546. The molecule has 0 aliphatic rings. The van der Waals surface area contributed by atoms with Gasteiger partial charge >= 0.3 is 0 Å². The average molecular weight is 271 g/mol. The molecule has 3 aromatic heterocycles. The van der Waals surface area contributed by atoms with Gasteiger partial charge in [0.25, 0.3) is 0 Å². The van der Waals surface area contributed by atoms with Crippen molar-refractivity contribution in [3.8, 4) is 0 Å². The molecular weight excluding hydrogens is 254 g/mol. The first-order valence-corrected chi connectivity index (χ1v) is 6.56. The molecular formula is C13H17N7. The second-order valence-corrected chi connectivity index (χ2v) is 5.02. The normalized spacial score (nSPS) is 11.4. The van der Waals surface area contributed by atoms with Gasteiger partial charge in [-0.25, -0.2) is 9.67 Å². The quantitative estimate of drug-likeness (QED) is 0.782. The Hall–Kier alpha value is -2.44. The van der Waals surface area contributed by atoms with Crippen LogP contribution in [0, 0.1) is 0 Å². The zero-order valence-electron chi connectivity index (χ0n) is 11.8. The summed E-state index contributed by atoms with van der Waals surface area (Å²) in [5.74, 6) is 0. The largest absolute Gasteiger partial charge is 0.378 e. The highest BCUT2D eigenvalue weighted by molar-refractivity contribution is 5.78. The molecule has 7 heteroatoms. The van der Waals surface area contributed by atoms with Crippen molar-refractivity contribution in [3.05, 3.63) is 30.4 Å². The van der Waals surface area contributed by atoms with E-state index < -0.39 is 0 Å². The van der Waals surface area contributed by atoms with Gasteiger partial charge in [0, 0.05) is 18.5 Å². The Morgan fingerprint density at radius 1 is 1.25 bits per heavy atom. The number of rotatable bonds is 4. The fourth-order valence-corrected chi connectivity index (χ4v) is 2.08. The molecule has 0 fully saturated rings. The minimum absolute atomic E-state index is 0.305. The van der Waals surface area contributed by atoms with Crippen LogP contribution in [0.15, 0.2) is 24.7 Å². The van der Waals surface area contributed by atoms with Gasteiger partial charge in [-0.2, -0.15) is 5.10 Å². The van der Waals surface area contributed by atoms with Gasteiger partial charge in [-0.15, -0.1) is 5.10 Å². The molecule has 0 bridgehead atoms. The van der Waals surface area contributed by atoms with E-state index in [0.717, 1.165) is 22.4 Å². The van der Waals surface area contributed by atoms with Gasteiger partial charge in [0.05, 0.1) is 36.5 Å². The third kappa shape index (κ3) is 2.22. The maximum absolute atomic E-state index is 4.48. The summed E-state index contributed by atoms with van der Waals surface area (Å²) in [4.78, 5) is 4.48. The van der Waals surface area contributed by atoms with Crippen LogP contribution in [0.4, 0.5) is 5.69 Å². The molecule has 0 spiro atoms. The third-order valence-electron chi connectivity index (χ3n) is 3.20. The molecule has 1 N–H and O–H groups in total. The first-order chi connectivity index (χ1) is 9.65. The van der Waals surface area contributed by atoms with Gasteiger partial charge in [0.15, 0.2) is 5.65 Å². The molecule has 20 heavy (non-hydrogen) atoms.